The average Bonchev–Trinajstić information content (AvgIpc) is 2.80. The number of hydrogen-bond acceptors (Lipinski definition) is 4. The third kappa shape index (κ3) is 2.49. The fourth-order valence-corrected chi connectivity index (χ4v) is 2.05. The molecule has 0 saturated heterocycles. The highest BCUT2D eigenvalue weighted by molar-refractivity contribution is 5.85. The number of amides is 1. The van der Waals surface area contributed by atoms with Crippen LogP contribution in [0, 0.1) is 0 Å². The number of halogens is 3. The van der Waals surface area contributed by atoms with Gasteiger partial charge in [-0.05, 0) is 13.3 Å². The number of carbonyl (C=O) groups excluding carboxylic acids is 1. The monoisotopic (exact) mass is 291 g/mol. The van der Waals surface area contributed by atoms with Crippen LogP contribution >= 0.6 is 0 Å². The van der Waals surface area contributed by atoms with Gasteiger partial charge < -0.3 is 15.2 Å². The lowest BCUT2D eigenvalue weighted by molar-refractivity contribution is -0.148. The predicted octanol–water partition coefficient (Wildman–Crippen LogP) is 0.766. The van der Waals surface area contributed by atoms with Crippen molar-refractivity contribution < 1.29 is 18.0 Å². The Labute approximate surface area is 113 Å². The van der Waals surface area contributed by atoms with Gasteiger partial charge in [0.2, 0.25) is 11.7 Å². The molecule has 0 radical (unpaired) electrons. The van der Waals surface area contributed by atoms with Gasteiger partial charge in [0.1, 0.15) is 0 Å². The molecule has 20 heavy (non-hydrogen) atoms. The van der Waals surface area contributed by atoms with E-state index in [-0.39, 0.29) is 31.4 Å². The maximum atomic E-state index is 12.7. The number of carbonyl (C=O) groups is 1. The minimum atomic E-state index is -4.54. The van der Waals surface area contributed by atoms with Crippen LogP contribution in [0.25, 0.3) is 0 Å². The fraction of sp³-hybridized carbons (Fsp3) is 0.727. The Hall–Kier alpha value is -1.64. The Balaban J connectivity index is 2.21. The highest BCUT2D eigenvalue weighted by Gasteiger charge is 2.41. The largest absolute Gasteiger partial charge is 0.451 e. The van der Waals surface area contributed by atoms with Gasteiger partial charge in [0, 0.05) is 13.1 Å². The van der Waals surface area contributed by atoms with Crippen molar-refractivity contribution in [2.75, 3.05) is 6.54 Å². The summed E-state index contributed by atoms with van der Waals surface area (Å²) in [4.78, 5) is 13.6. The molecule has 0 bridgehead atoms. The zero-order valence-corrected chi connectivity index (χ0v) is 11.2. The number of hydrogen-bond donors (Lipinski definition) is 1. The molecule has 1 aliphatic heterocycles. The molecule has 2 N–H and O–H groups in total. The van der Waals surface area contributed by atoms with E-state index in [1.54, 1.807) is 13.8 Å². The molecule has 0 aliphatic carbocycles. The zero-order chi connectivity index (χ0) is 15.1. The molecular weight excluding hydrogens is 275 g/mol. The van der Waals surface area contributed by atoms with Crippen molar-refractivity contribution >= 4 is 5.91 Å². The normalized spacial score (nSPS) is 18.6. The van der Waals surface area contributed by atoms with Crippen LogP contribution in [-0.2, 0) is 24.1 Å². The summed E-state index contributed by atoms with van der Waals surface area (Å²) in [5.74, 6) is -1.18. The molecule has 2 rings (SSSR count). The lowest BCUT2D eigenvalue weighted by Crippen LogP contribution is -2.54. The Morgan fingerprint density at radius 2 is 2.00 bits per heavy atom. The van der Waals surface area contributed by atoms with Gasteiger partial charge in [-0.1, -0.05) is 6.92 Å². The summed E-state index contributed by atoms with van der Waals surface area (Å²) in [6.07, 6.45) is -4.09. The van der Waals surface area contributed by atoms with E-state index in [9.17, 15) is 18.0 Å². The molecule has 0 fully saturated rings. The Morgan fingerprint density at radius 1 is 1.35 bits per heavy atom. The van der Waals surface area contributed by atoms with E-state index in [1.165, 1.54) is 4.90 Å². The molecule has 1 unspecified atom stereocenters. The van der Waals surface area contributed by atoms with Gasteiger partial charge in [-0.2, -0.15) is 13.2 Å². The van der Waals surface area contributed by atoms with Crippen LogP contribution in [0.5, 0.6) is 0 Å². The summed E-state index contributed by atoms with van der Waals surface area (Å²) in [7, 11) is 0. The third-order valence-corrected chi connectivity index (χ3v) is 3.52. The fourth-order valence-electron chi connectivity index (χ4n) is 2.05. The number of aromatic nitrogens is 3. The number of fused-ring (bicyclic) bond motifs is 1. The van der Waals surface area contributed by atoms with Crippen LogP contribution in [0.3, 0.4) is 0 Å². The quantitative estimate of drug-likeness (QED) is 0.873. The first kappa shape index (κ1) is 14.8. The summed E-state index contributed by atoms with van der Waals surface area (Å²) in [6, 6.07) is 0. The van der Waals surface area contributed by atoms with Gasteiger partial charge in [0.15, 0.2) is 5.82 Å². The molecule has 1 amide bonds. The lowest BCUT2D eigenvalue weighted by Gasteiger charge is -2.33. The van der Waals surface area contributed by atoms with Gasteiger partial charge in [0.05, 0.1) is 12.1 Å². The number of nitrogens with two attached hydrogens (primary N) is 1. The van der Waals surface area contributed by atoms with Crippen molar-refractivity contribution in [2.24, 2.45) is 5.73 Å². The SMILES string of the molecule is CCC(C)(N)C(=O)N1CCn2c(nnc2C(F)(F)F)C1. The van der Waals surface area contributed by atoms with Gasteiger partial charge in [-0.3, -0.25) is 4.79 Å². The lowest BCUT2D eigenvalue weighted by atomic mass is 9.98. The molecule has 6 nitrogen and oxygen atoms in total. The highest BCUT2D eigenvalue weighted by Crippen LogP contribution is 2.29. The van der Waals surface area contributed by atoms with E-state index in [2.05, 4.69) is 10.2 Å². The standard InChI is InChI=1S/C11H16F3N5O/c1-3-10(2,15)9(20)18-4-5-19-7(6-18)16-17-8(19)11(12,13)14/h3-6,15H2,1-2H3. The maximum Gasteiger partial charge on any atom is 0.451 e. The van der Waals surface area contributed by atoms with Gasteiger partial charge in [-0.25, -0.2) is 0 Å². The van der Waals surface area contributed by atoms with E-state index in [1.807, 2.05) is 0 Å². The van der Waals surface area contributed by atoms with E-state index >= 15 is 0 Å². The van der Waals surface area contributed by atoms with E-state index in [0.717, 1.165) is 4.57 Å². The van der Waals surface area contributed by atoms with Crippen LogP contribution in [0.2, 0.25) is 0 Å². The third-order valence-electron chi connectivity index (χ3n) is 3.52. The van der Waals surface area contributed by atoms with Crippen molar-refractivity contribution in [3.63, 3.8) is 0 Å². The summed E-state index contributed by atoms with van der Waals surface area (Å²) in [6.45, 7) is 3.57. The highest BCUT2D eigenvalue weighted by atomic mass is 19.4. The number of rotatable bonds is 2. The Morgan fingerprint density at radius 3 is 2.55 bits per heavy atom. The van der Waals surface area contributed by atoms with Crippen LogP contribution in [0.1, 0.15) is 31.9 Å². The summed E-state index contributed by atoms with van der Waals surface area (Å²) < 4.78 is 39.1. The molecule has 1 atom stereocenters. The molecule has 0 spiro atoms. The molecule has 1 aliphatic rings. The first-order valence-corrected chi connectivity index (χ1v) is 6.24. The van der Waals surface area contributed by atoms with Gasteiger partial charge >= 0.3 is 6.18 Å². The summed E-state index contributed by atoms with van der Waals surface area (Å²) in [5.41, 5.74) is 4.85. The second-order valence-electron chi connectivity index (χ2n) is 5.09. The Bertz CT molecular complexity index is 523. The first-order valence-electron chi connectivity index (χ1n) is 6.24. The molecule has 9 heteroatoms. The number of alkyl halides is 3. The van der Waals surface area contributed by atoms with Crippen molar-refractivity contribution in [3.8, 4) is 0 Å². The van der Waals surface area contributed by atoms with Crippen molar-refractivity contribution in [1.29, 1.82) is 0 Å². The van der Waals surface area contributed by atoms with E-state index in [0.29, 0.717) is 6.42 Å². The minimum absolute atomic E-state index is 0.00525. The first-order chi connectivity index (χ1) is 9.16. The van der Waals surface area contributed by atoms with Crippen LogP contribution < -0.4 is 5.73 Å². The summed E-state index contributed by atoms with van der Waals surface area (Å²) in [5, 5.41) is 6.69. The van der Waals surface area contributed by atoms with Crippen molar-refractivity contribution in [3.05, 3.63) is 11.6 Å². The van der Waals surface area contributed by atoms with Crippen LogP contribution in [-0.4, -0.2) is 37.7 Å². The van der Waals surface area contributed by atoms with E-state index < -0.39 is 17.5 Å². The molecular formula is C11H16F3N5O. The molecule has 1 aromatic rings. The molecule has 2 heterocycles. The van der Waals surface area contributed by atoms with E-state index in [4.69, 9.17) is 5.73 Å². The Kier molecular flexibility index (Phi) is 3.49. The molecule has 0 saturated carbocycles. The smallest absolute Gasteiger partial charge is 0.332 e. The number of nitrogens with zero attached hydrogens (tertiary/aromatic N) is 4. The van der Waals surface area contributed by atoms with Crippen LogP contribution in [0.4, 0.5) is 13.2 Å². The average molecular weight is 291 g/mol. The van der Waals surface area contributed by atoms with Crippen LogP contribution in [0.15, 0.2) is 0 Å². The van der Waals surface area contributed by atoms with Crippen molar-refractivity contribution in [1.82, 2.24) is 19.7 Å². The topological polar surface area (TPSA) is 77.0 Å². The zero-order valence-electron chi connectivity index (χ0n) is 11.2. The molecule has 0 aromatic carbocycles. The predicted molar refractivity (Wildman–Crippen MR) is 63.3 cm³/mol. The van der Waals surface area contributed by atoms with Gasteiger partial charge in [-0.15, -0.1) is 10.2 Å². The summed E-state index contributed by atoms with van der Waals surface area (Å²) >= 11 is 0. The van der Waals surface area contributed by atoms with Crippen molar-refractivity contribution in [2.45, 2.75) is 45.1 Å². The minimum Gasteiger partial charge on any atom is -0.332 e. The maximum absolute atomic E-state index is 12.7. The molecule has 1 aromatic heterocycles. The second-order valence-corrected chi connectivity index (χ2v) is 5.09. The van der Waals surface area contributed by atoms with Gasteiger partial charge in [0.25, 0.3) is 0 Å². The second kappa shape index (κ2) is 4.72. The molecule has 112 valence electrons.